The van der Waals surface area contributed by atoms with Crippen molar-refractivity contribution >= 4 is 24.2 Å². The first kappa shape index (κ1) is 20.8. The van der Waals surface area contributed by atoms with Crippen LogP contribution in [-0.4, -0.2) is 24.2 Å². The van der Waals surface area contributed by atoms with Gasteiger partial charge in [-0.1, -0.05) is 19.9 Å². The summed E-state index contributed by atoms with van der Waals surface area (Å²) in [7, 11) is -1.13. The lowest BCUT2D eigenvalue weighted by atomic mass is 9.75. The molecule has 1 aliphatic rings. The molecule has 0 saturated carbocycles. The Balaban J connectivity index is 2.35. The fraction of sp³-hybridized carbons (Fsp3) is 0.611. The number of carbonyl (C=O) groups is 1. The quantitative estimate of drug-likeness (QED) is 0.815. The topological polar surface area (TPSA) is 47.6 Å². The second-order valence-electron chi connectivity index (χ2n) is 8.03. The summed E-state index contributed by atoms with van der Waals surface area (Å²) in [5, 5.41) is 2.52. The molecule has 1 saturated heterocycles. The molecule has 0 aliphatic carbocycles. The minimum absolute atomic E-state index is 0.0991. The van der Waals surface area contributed by atoms with Crippen LogP contribution in [0.2, 0.25) is 0 Å². The molecule has 1 amide bonds. The minimum Gasteiger partial charge on any atom is -0.399 e. The van der Waals surface area contributed by atoms with Gasteiger partial charge in [0.15, 0.2) is 0 Å². The van der Waals surface area contributed by atoms with Crippen molar-refractivity contribution < 1.29 is 27.3 Å². The summed E-state index contributed by atoms with van der Waals surface area (Å²) in [6.45, 7) is 10.8. The smallest absolute Gasteiger partial charge is 0.399 e. The van der Waals surface area contributed by atoms with E-state index in [1.807, 2.05) is 13.8 Å². The molecule has 1 fully saturated rings. The van der Waals surface area contributed by atoms with Crippen LogP contribution in [-0.2, 0) is 20.3 Å². The summed E-state index contributed by atoms with van der Waals surface area (Å²) in [5.74, 6) is -0.211. The van der Waals surface area contributed by atoms with Crippen molar-refractivity contribution in [2.45, 2.75) is 65.3 Å². The Hall–Kier alpha value is -1.54. The molecular weight excluding hydrogens is 346 g/mol. The van der Waals surface area contributed by atoms with Crippen LogP contribution in [0.5, 0.6) is 0 Å². The molecule has 0 radical (unpaired) electrons. The predicted octanol–water partition coefficient (Wildman–Crippen LogP) is 3.99. The highest BCUT2D eigenvalue weighted by molar-refractivity contribution is 6.62. The van der Waals surface area contributed by atoms with Gasteiger partial charge in [0.2, 0.25) is 5.91 Å². The Labute approximate surface area is 152 Å². The number of alkyl halides is 3. The number of hydrogen-bond donors (Lipinski definition) is 1. The van der Waals surface area contributed by atoms with E-state index in [1.54, 1.807) is 27.7 Å². The molecule has 0 aromatic heterocycles. The molecule has 0 unspecified atom stereocenters. The van der Waals surface area contributed by atoms with Crippen LogP contribution in [0, 0.1) is 5.92 Å². The summed E-state index contributed by atoms with van der Waals surface area (Å²) < 4.78 is 52.3. The number of anilines is 1. The van der Waals surface area contributed by atoms with Crippen molar-refractivity contribution in [1.82, 2.24) is 0 Å². The first-order valence-electron chi connectivity index (χ1n) is 8.59. The predicted molar refractivity (Wildman–Crippen MR) is 95.2 cm³/mol. The van der Waals surface area contributed by atoms with Crippen LogP contribution in [0.3, 0.4) is 0 Å². The lowest BCUT2D eigenvalue weighted by Crippen LogP contribution is -2.41. The molecule has 4 nitrogen and oxygen atoms in total. The molecule has 2 rings (SSSR count). The monoisotopic (exact) mass is 371 g/mol. The van der Waals surface area contributed by atoms with Gasteiger partial charge in [-0.3, -0.25) is 4.79 Å². The molecule has 26 heavy (non-hydrogen) atoms. The maximum absolute atomic E-state index is 13.6. The second kappa shape index (κ2) is 6.89. The van der Waals surface area contributed by atoms with Gasteiger partial charge >= 0.3 is 13.3 Å². The van der Waals surface area contributed by atoms with Crippen LogP contribution in [0.15, 0.2) is 18.2 Å². The molecule has 0 bridgehead atoms. The highest BCUT2D eigenvalue weighted by atomic mass is 19.4. The standard InChI is InChI=1S/C18H25BF3NO3/c1-11(2)9-15(24)23-12-7-8-14(13(10-12)18(20,21)22)19-25-16(3,4)17(5,6)26-19/h7-8,10-11H,9H2,1-6H3,(H,23,24). The number of rotatable bonds is 4. The van der Waals surface area contributed by atoms with Crippen molar-refractivity contribution in [2.75, 3.05) is 5.32 Å². The van der Waals surface area contributed by atoms with Crippen molar-refractivity contribution in [3.05, 3.63) is 23.8 Å². The van der Waals surface area contributed by atoms with Crippen LogP contribution >= 0.6 is 0 Å². The largest absolute Gasteiger partial charge is 0.495 e. The van der Waals surface area contributed by atoms with Gasteiger partial charge in [0.25, 0.3) is 0 Å². The van der Waals surface area contributed by atoms with Gasteiger partial charge in [0, 0.05) is 12.1 Å². The zero-order chi connectivity index (χ0) is 19.9. The molecule has 1 heterocycles. The molecule has 144 valence electrons. The van der Waals surface area contributed by atoms with Crippen molar-refractivity contribution in [3.8, 4) is 0 Å². The fourth-order valence-electron chi connectivity index (χ4n) is 2.64. The van der Waals surface area contributed by atoms with Crippen LogP contribution in [0.1, 0.15) is 53.5 Å². The highest BCUT2D eigenvalue weighted by Gasteiger charge is 2.53. The van der Waals surface area contributed by atoms with Gasteiger partial charge in [-0.2, -0.15) is 13.2 Å². The Bertz CT molecular complexity index is 671. The Morgan fingerprint density at radius 3 is 2.15 bits per heavy atom. The van der Waals surface area contributed by atoms with Crippen LogP contribution < -0.4 is 10.8 Å². The molecule has 0 atom stereocenters. The van der Waals surface area contributed by atoms with E-state index in [0.29, 0.717) is 0 Å². The van der Waals surface area contributed by atoms with Crippen LogP contribution in [0.4, 0.5) is 18.9 Å². The van der Waals surface area contributed by atoms with Gasteiger partial charge in [-0.25, -0.2) is 0 Å². The molecule has 0 spiro atoms. The van der Waals surface area contributed by atoms with Gasteiger partial charge < -0.3 is 14.6 Å². The number of hydrogen-bond acceptors (Lipinski definition) is 3. The number of amides is 1. The highest BCUT2D eigenvalue weighted by Crippen LogP contribution is 2.38. The van der Waals surface area contributed by atoms with E-state index >= 15 is 0 Å². The van der Waals surface area contributed by atoms with Gasteiger partial charge in [0.05, 0.1) is 16.8 Å². The lowest BCUT2D eigenvalue weighted by Gasteiger charge is -2.32. The maximum Gasteiger partial charge on any atom is 0.495 e. The molecule has 1 aromatic rings. The van der Waals surface area contributed by atoms with Gasteiger partial charge in [-0.05, 0) is 51.2 Å². The SMILES string of the molecule is CC(C)CC(=O)Nc1ccc(B2OC(C)(C)C(C)(C)O2)c(C(F)(F)F)c1. The minimum atomic E-state index is -4.60. The lowest BCUT2D eigenvalue weighted by molar-refractivity contribution is -0.136. The number of benzene rings is 1. The van der Waals surface area contributed by atoms with Crippen molar-refractivity contribution in [2.24, 2.45) is 5.92 Å². The second-order valence-corrected chi connectivity index (χ2v) is 8.03. The van der Waals surface area contributed by atoms with E-state index in [4.69, 9.17) is 9.31 Å². The van der Waals surface area contributed by atoms with E-state index in [2.05, 4.69) is 5.32 Å². The van der Waals surface area contributed by atoms with Gasteiger partial charge in [0.1, 0.15) is 0 Å². The molecule has 1 aromatic carbocycles. The third-order valence-corrected chi connectivity index (χ3v) is 4.74. The van der Waals surface area contributed by atoms with E-state index in [9.17, 15) is 18.0 Å². The average Bonchev–Trinajstić information content (AvgIpc) is 2.65. The Kier molecular flexibility index (Phi) is 5.50. The summed E-state index contributed by atoms with van der Waals surface area (Å²) in [6, 6.07) is 3.67. The molecule has 1 N–H and O–H groups in total. The van der Waals surface area contributed by atoms with E-state index < -0.39 is 30.1 Å². The average molecular weight is 371 g/mol. The maximum atomic E-state index is 13.6. The third kappa shape index (κ3) is 4.41. The van der Waals surface area contributed by atoms with Crippen molar-refractivity contribution in [1.29, 1.82) is 0 Å². The summed E-state index contributed by atoms with van der Waals surface area (Å²) >= 11 is 0. The normalized spacial score (nSPS) is 19.1. The van der Waals surface area contributed by atoms with Crippen LogP contribution in [0.25, 0.3) is 0 Å². The third-order valence-electron chi connectivity index (χ3n) is 4.74. The molecule has 1 aliphatic heterocycles. The first-order valence-corrected chi connectivity index (χ1v) is 8.59. The molecular formula is C18H25BF3NO3. The summed E-state index contributed by atoms with van der Waals surface area (Å²) in [5.41, 5.74) is -2.37. The first-order chi connectivity index (χ1) is 11.7. The number of halogens is 3. The molecule has 8 heteroatoms. The fourth-order valence-corrected chi connectivity index (χ4v) is 2.64. The Morgan fingerprint density at radius 1 is 1.15 bits per heavy atom. The van der Waals surface area contributed by atoms with E-state index in [-0.39, 0.29) is 29.4 Å². The number of carbonyl (C=O) groups excluding carboxylic acids is 1. The zero-order valence-electron chi connectivity index (χ0n) is 16.0. The van der Waals surface area contributed by atoms with Crippen molar-refractivity contribution in [3.63, 3.8) is 0 Å². The van der Waals surface area contributed by atoms with E-state index in [0.717, 1.165) is 6.07 Å². The summed E-state index contributed by atoms with van der Waals surface area (Å²) in [4.78, 5) is 11.9. The number of nitrogens with one attached hydrogen (secondary N) is 1. The summed E-state index contributed by atoms with van der Waals surface area (Å²) in [6.07, 6.45) is -4.36. The van der Waals surface area contributed by atoms with E-state index in [1.165, 1.54) is 12.1 Å². The van der Waals surface area contributed by atoms with Gasteiger partial charge in [-0.15, -0.1) is 0 Å². The zero-order valence-corrected chi connectivity index (χ0v) is 16.0. The Morgan fingerprint density at radius 2 is 1.69 bits per heavy atom.